The fourth-order valence-corrected chi connectivity index (χ4v) is 7.60. The van der Waals surface area contributed by atoms with Crippen LogP contribution in [0.25, 0.3) is 110 Å². The van der Waals surface area contributed by atoms with Gasteiger partial charge in [0.15, 0.2) is 16.6 Å². The molecule has 57 heavy (non-hydrogen) atoms. The zero-order valence-corrected chi connectivity index (χ0v) is 30.2. The minimum absolute atomic E-state index is 0.0541. The first-order valence-electron chi connectivity index (χ1n) is 18.3. The van der Waals surface area contributed by atoms with Crippen LogP contribution in [0.4, 0.5) is 0 Å². The third kappa shape index (κ3) is 5.34. The summed E-state index contributed by atoms with van der Waals surface area (Å²) in [5.41, 5.74) is 11.1. The highest BCUT2D eigenvalue weighted by Crippen LogP contribution is 2.36. The molecule has 8 heterocycles. The molecule has 0 amide bonds. The zero-order valence-electron chi connectivity index (χ0n) is 30.2. The van der Waals surface area contributed by atoms with Gasteiger partial charge in [-0.25, -0.2) is 9.97 Å². The van der Waals surface area contributed by atoms with Crippen LogP contribution in [0.5, 0.6) is 5.75 Å². The molecular formula is C47H28N6O4. The molecule has 0 aliphatic rings. The molecule has 270 valence electrons. The van der Waals surface area contributed by atoms with Gasteiger partial charge in [-0.2, -0.15) is 0 Å². The summed E-state index contributed by atoms with van der Waals surface area (Å²) in [6.07, 6.45) is 7.27. The SMILES string of the molecule is COc1cccc2oc3cc(-c4ccc5ccc6cccnc6c5n4)cnc3c12.O=c1cccc2oc3cc(-c4ccc5ccc6cccnc6c5n4)c[nH]c3c12. The molecule has 0 radical (unpaired) electrons. The first-order chi connectivity index (χ1) is 28.1. The predicted molar refractivity (Wildman–Crippen MR) is 224 cm³/mol. The lowest BCUT2D eigenvalue weighted by molar-refractivity contribution is 0.420. The van der Waals surface area contributed by atoms with E-state index >= 15 is 0 Å². The Bertz CT molecular complexity index is 3630. The van der Waals surface area contributed by atoms with Gasteiger partial charge >= 0.3 is 0 Å². The average Bonchev–Trinajstić information content (AvgIpc) is 3.84. The van der Waals surface area contributed by atoms with Crippen molar-refractivity contribution in [2.45, 2.75) is 0 Å². The van der Waals surface area contributed by atoms with Gasteiger partial charge in [-0.3, -0.25) is 19.7 Å². The minimum Gasteiger partial charge on any atom is -0.496 e. The predicted octanol–water partition coefficient (Wildman–Crippen LogP) is 10.8. The van der Waals surface area contributed by atoms with E-state index in [4.69, 9.17) is 23.5 Å². The van der Waals surface area contributed by atoms with E-state index in [1.165, 1.54) is 0 Å². The van der Waals surface area contributed by atoms with Gasteiger partial charge in [-0.15, -0.1) is 0 Å². The topological polar surface area (TPSA) is 133 Å². The fraction of sp³-hybridized carbons (Fsp3) is 0.0213. The Hall–Kier alpha value is -7.98. The summed E-state index contributed by atoms with van der Waals surface area (Å²) in [4.78, 5) is 38.9. The monoisotopic (exact) mass is 740 g/mol. The Labute approximate surface area is 322 Å². The second kappa shape index (κ2) is 12.8. The third-order valence-corrected chi connectivity index (χ3v) is 10.3. The van der Waals surface area contributed by atoms with Crippen molar-refractivity contribution in [1.29, 1.82) is 0 Å². The molecule has 1 N–H and O–H groups in total. The number of hydrogen-bond donors (Lipinski definition) is 1. The van der Waals surface area contributed by atoms with Crippen molar-refractivity contribution in [3.8, 4) is 28.3 Å². The number of ether oxygens (including phenoxy) is 1. The molecule has 0 spiro atoms. The van der Waals surface area contributed by atoms with E-state index in [9.17, 15) is 4.79 Å². The van der Waals surface area contributed by atoms with E-state index in [0.29, 0.717) is 27.7 Å². The minimum atomic E-state index is -0.0541. The standard InChI is InChI=1S/C24H15N3O2.C23H13N3O2/c1-28-18-5-2-6-19-21(18)24-20(29-19)12-16(13-26-24)17-10-9-15-8-7-14-4-3-11-25-22(14)23(15)27-17;27-17-4-1-5-18-20(17)23-19(28-18)11-15(12-25-23)16-9-8-14-7-6-13-3-2-10-24-21(13)22(14)26-16/h2-13H,1H3;1-12,25H. The number of aromatic amines is 1. The molecular weight excluding hydrogens is 713 g/mol. The molecule has 12 rings (SSSR count). The van der Waals surface area contributed by atoms with Crippen molar-refractivity contribution in [3.05, 3.63) is 156 Å². The summed E-state index contributed by atoms with van der Waals surface area (Å²) < 4.78 is 17.4. The first-order valence-corrected chi connectivity index (χ1v) is 18.3. The van der Waals surface area contributed by atoms with E-state index < -0.39 is 0 Å². The Kier molecular flexibility index (Phi) is 7.30. The number of nitrogens with zero attached hydrogens (tertiary/aromatic N) is 5. The molecule has 8 aromatic heterocycles. The molecule has 0 atom stereocenters. The molecule has 0 fully saturated rings. The van der Waals surface area contributed by atoms with Gasteiger partial charge in [0.1, 0.15) is 22.4 Å². The first kappa shape index (κ1) is 32.5. The summed E-state index contributed by atoms with van der Waals surface area (Å²) in [5.74, 6) is 0.753. The average molecular weight is 741 g/mol. The number of fused-ring (bicyclic) bond motifs is 12. The summed E-state index contributed by atoms with van der Waals surface area (Å²) in [5, 5.41) is 5.69. The van der Waals surface area contributed by atoms with E-state index in [2.05, 4.69) is 50.3 Å². The Balaban J connectivity index is 0.000000131. The smallest absolute Gasteiger partial charge is 0.191 e. The summed E-state index contributed by atoms with van der Waals surface area (Å²) in [6, 6.07) is 39.0. The van der Waals surface area contributed by atoms with Gasteiger partial charge < -0.3 is 18.6 Å². The van der Waals surface area contributed by atoms with Crippen LogP contribution in [0.1, 0.15) is 0 Å². The summed E-state index contributed by atoms with van der Waals surface area (Å²) >= 11 is 0. The van der Waals surface area contributed by atoms with Crippen molar-refractivity contribution in [2.75, 3.05) is 7.11 Å². The van der Waals surface area contributed by atoms with Crippen LogP contribution in [-0.2, 0) is 0 Å². The van der Waals surface area contributed by atoms with Gasteiger partial charge in [-0.05, 0) is 60.7 Å². The van der Waals surface area contributed by atoms with Gasteiger partial charge in [0.05, 0.1) is 56.9 Å². The van der Waals surface area contributed by atoms with Crippen molar-refractivity contribution in [2.24, 2.45) is 0 Å². The molecule has 0 unspecified atom stereocenters. The molecule has 0 saturated carbocycles. The van der Waals surface area contributed by atoms with Gasteiger partial charge in [-0.1, -0.05) is 60.7 Å². The lowest BCUT2D eigenvalue weighted by Crippen LogP contribution is -1.96. The Morgan fingerprint density at radius 3 is 1.79 bits per heavy atom. The molecule has 0 aliphatic heterocycles. The number of H-pyrrole nitrogens is 1. The summed E-state index contributed by atoms with van der Waals surface area (Å²) in [7, 11) is 1.65. The van der Waals surface area contributed by atoms with Crippen LogP contribution in [-0.4, -0.2) is 37.0 Å². The number of pyridine rings is 6. The third-order valence-electron chi connectivity index (χ3n) is 10.3. The highest BCUT2D eigenvalue weighted by atomic mass is 16.5. The maximum atomic E-state index is 12.2. The number of methoxy groups -OCH3 is 1. The van der Waals surface area contributed by atoms with E-state index in [1.54, 1.807) is 37.7 Å². The molecule has 0 aliphatic carbocycles. The molecule has 0 bridgehead atoms. The second-order valence-electron chi connectivity index (χ2n) is 13.7. The van der Waals surface area contributed by atoms with Crippen LogP contribution in [0, 0.1) is 0 Å². The molecule has 10 heteroatoms. The number of aromatic nitrogens is 6. The van der Waals surface area contributed by atoms with Gasteiger partial charge in [0.2, 0.25) is 0 Å². The number of hydrogen-bond acceptors (Lipinski definition) is 9. The zero-order chi connectivity index (χ0) is 38.0. The summed E-state index contributed by atoms with van der Waals surface area (Å²) in [6.45, 7) is 0. The quantitative estimate of drug-likeness (QED) is 0.176. The number of nitrogens with one attached hydrogen (secondary N) is 1. The highest BCUT2D eigenvalue weighted by molar-refractivity contribution is 6.08. The van der Waals surface area contributed by atoms with Crippen LogP contribution in [0.3, 0.4) is 0 Å². The van der Waals surface area contributed by atoms with Crippen molar-refractivity contribution in [1.82, 2.24) is 29.9 Å². The number of furan rings is 2. The van der Waals surface area contributed by atoms with E-state index in [1.807, 2.05) is 85.2 Å². The molecule has 10 nitrogen and oxygen atoms in total. The van der Waals surface area contributed by atoms with Crippen LogP contribution in [0.15, 0.2) is 160 Å². The number of benzene rings is 4. The molecule has 4 aromatic carbocycles. The second-order valence-corrected chi connectivity index (χ2v) is 13.7. The van der Waals surface area contributed by atoms with Gasteiger partial charge in [0.25, 0.3) is 0 Å². The fourth-order valence-electron chi connectivity index (χ4n) is 7.60. The van der Waals surface area contributed by atoms with Crippen LogP contribution < -0.4 is 10.2 Å². The Morgan fingerprint density at radius 2 is 1.11 bits per heavy atom. The normalized spacial score (nSPS) is 11.7. The van der Waals surface area contributed by atoms with Gasteiger partial charge in [0, 0.05) is 57.5 Å². The van der Waals surface area contributed by atoms with Crippen LogP contribution in [0.2, 0.25) is 0 Å². The molecule has 0 saturated heterocycles. The lowest BCUT2D eigenvalue weighted by atomic mass is 10.1. The molecule has 12 aromatic rings. The van der Waals surface area contributed by atoms with Crippen molar-refractivity contribution >= 4 is 87.7 Å². The largest absolute Gasteiger partial charge is 0.496 e. The van der Waals surface area contributed by atoms with Crippen molar-refractivity contribution in [3.63, 3.8) is 0 Å². The lowest BCUT2D eigenvalue weighted by Gasteiger charge is -2.06. The highest BCUT2D eigenvalue weighted by Gasteiger charge is 2.16. The Morgan fingerprint density at radius 1 is 0.526 bits per heavy atom. The van der Waals surface area contributed by atoms with Crippen molar-refractivity contribution < 1.29 is 13.6 Å². The van der Waals surface area contributed by atoms with Crippen LogP contribution >= 0.6 is 0 Å². The van der Waals surface area contributed by atoms with E-state index in [-0.39, 0.29) is 5.43 Å². The maximum absolute atomic E-state index is 12.2. The maximum Gasteiger partial charge on any atom is 0.191 e. The number of rotatable bonds is 3. The van der Waals surface area contributed by atoms with E-state index in [0.717, 1.165) is 88.4 Å².